The molecule has 1 unspecified atom stereocenters. The minimum atomic E-state index is -1.44. The topological polar surface area (TPSA) is 38.7 Å². The van der Waals surface area contributed by atoms with E-state index in [1.165, 1.54) is 13.8 Å². The van der Waals surface area contributed by atoms with Gasteiger partial charge >= 0.3 is 0 Å². The molecular weight excluding hydrogens is 235 g/mol. The zero-order valence-corrected chi connectivity index (χ0v) is 11.0. The van der Waals surface area contributed by atoms with Crippen LogP contribution in [0.15, 0.2) is 12.1 Å². The zero-order chi connectivity index (χ0) is 13.3. The predicted molar refractivity (Wildman–Crippen MR) is 67.1 cm³/mol. The van der Waals surface area contributed by atoms with E-state index >= 15 is 0 Å². The van der Waals surface area contributed by atoms with Crippen LogP contribution in [0.25, 0.3) is 0 Å². The first kappa shape index (κ1) is 13.1. The highest BCUT2D eigenvalue weighted by Crippen LogP contribution is 2.41. The Hall–Kier alpha value is -1.29. The van der Waals surface area contributed by atoms with Crippen molar-refractivity contribution in [2.24, 2.45) is 0 Å². The molecule has 1 aliphatic heterocycles. The van der Waals surface area contributed by atoms with Gasteiger partial charge in [-0.2, -0.15) is 0 Å². The number of aliphatic hydroxyl groups excluding tert-OH is 1. The lowest BCUT2D eigenvalue weighted by atomic mass is 9.92. The lowest BCUT2D eigenvalue weighted by Gasteiger charge is -2.26. The van der Waals surface area contributed by atoms with E-state index in [0.717, 1.165) is 5.56 Å². The van der Waals surface area contributed by atoms with Crippen LogP contribution >= 0.6 is 0 Å². The Kier molecular flexibility index (Phi) is 3.48. The van der Waals surface area contributed by atoms with Crippen molar-refractivity contribution in [3.05, 3.63) is 23.3 Å². The molecule has 0 saturated carbocycles. The minimum Gasteiger partial charge on any atom is -0.486 e. The first-order valence-electron chi connectivity index (χ1n) is 6.17. The van der Waals surface area contributed by atoms with Crippen molar-refractivity contribution >= 4 is 0 Å². The molecule has 0 aliphatic carbocycles. The first-order valence-corrected chi connectivity index (χ1v) is 6.17. The average molecular weight is 254 g/mol. The molecule has 18 heavy (non-hydrogen) atoms. The van der Waals surface area contributed by atoms with E-state index in [-0.39, 0.29) is 12.5 Å². The van der Waals surface area contributed by atoms with E-state index in [1.807, 2.05) is 6.92 Å². The van der Waals surface area contributed by atoms with Gasteiger partial charge in [0.25, 0.3) is 0 Å². The quantitative estimate of drug-likeness (QED) is 0.901. The maximum absolute atomic E-state index is 14.1. The van der Waals surface area contributed by atoms with E-state index in [2.05, 4.69) is 0 Å². The molecule has 1 aromatic carbocycles. The Morgan fingerprint density at radius 1 is 1.33 bits per heavy atom. The Labute approximate surface area is 107 Å². The van der Waals surface area contributed by atoms with Crippen molar-refractivity contribution in [1.82, 2.24) is 0 Å². The molecule has 0 radical (unpaired) electrons. The Morgan fingerprint density at radius 3 is 2.61 bits per heavy atom. The number of aliphatic hydroxyl groups is 1. The fourth-order valence-electron chi connectivity index (χ4n) is 1.99. The van der Waals surface area contributed by atoms with Gasteiger partial charge in [0.1, 0.15) is 18.9 Å². The molecular formula is C14H19FO3. The Bertz CT molecular complexity index is 437. The molecule has 1 aromatic rings. The van der Waals surface area contributed by atoms with Crippen molar-refractivity contribution in [3.8, 4) is 11.5 Å². The van der Waals surface area contributed by atoms with Gasteiger partial charge in [-0.3, -0.25) is 0 Å². The number of benzene rings is 1. The lowest BCUT2D eigenvalue weighted by molar-refractivity contribution is 0.164. The summed E-state index contributed by atoms with van der Waals surface area (Å²) in [4.78, 5) is 0. The van der Waals surface area contributed by atoms with Crippen molar-refractivity contribution in [2.75, 3.05) is 19.8 Å². The van der Waals surface area contributed by atoms with Gasteiger partial charge in [-0.15, -0.1) is 0 Å². The minimum absolute atomic E-state index is 0.00797. The third kappa shape index (κ3) is 2.43. The third-order valence-corrected chi connectivity index (χ3v) is 3.16. The van der Waals surface area contributed by atoms with Gasteiger partial charge in [-0.25, -0.2) is 4.39 Å². The number of alkyl halides is 1. The van der Waals surface area contributed by atoms with Gasteiger partial charge < -0.3 is 14.6 Å². The molecule has 2 rings (SSSR count). The second-order valence-electron chi connectivity index (χ2n) is 5.15. The monoisotopic (exact) mass is 254 g/mol. The molecule has 4 heteroatoms. The molecule has 0 saturated heterocycles. The van der Waals surface area contributed by atoms with Gasteiger partial charge in [0.2, 0.25) is 0 Å². The fraction of sp³-hybridized carbons (Fsp3) is 0.571. The molecule has 100 valence electrons. The second-order valence-corrected chi connectivity index (χ2v) is 5.15. The summed E-state index contributed by atoms with van der Waals surface area (Å²) in [5.41, 5.74) is -0.0998. The summed E-state index contributed by atoms with van der Waals surface area (Å²) in [5.74, 6) is 1.10. The van der Waals surface area contributed by atoms with Crippen LogP contribution in [0.3, 0.4) is 0 Å². The van der Waals surface area contributed by atoms with E-state index in [0.29, 0.717) is 30.3 Å². The van der Waals surface area contributed by atoms with Crippen molar-refractivity contribution in [2.45, 2.75) is 32.4 Å². The smallest absolute Gasteiger partial charge is 0.164 e. The molecule has 1 N–H and O–H groups in total. The van der Waals surface area contributed by atoms with Crippen LogP contribution in [0, 0.1) is 0 Å². The van der Waals surface area contributed by atoms with Crippen molar-refractivity contribution in [1.29, 1.82) is 0 Å². The largest absolute Gasteiger partial charge is 0.486 e. The Balaban J connectivity index is 2.55. The number of hydrogen-bond acceptors (Lipinski definition) is 3. The summed E-state index contributed by atoms with van der Waals surface area (Å²) in [6, 6.07) is 3.44. The zero-order valence-electron chi connectivity index (χ0n) is 11.0. The molecule has 1 aliphatic rings. The normalized spacial score (nSPS) is 16.5. The molecule has 1 heterocycles. The first-order chi connectivity index (χ1) is 8.43. The predicted octanol–water partition coefficient (Wildman–Crippen LogP) is 2.76. The van der Waals surface area contributed by atoms with E-state index in [4.69, 9.17) is 9.47 Å². The molecule has 3 nitrogen and oxygen atoms in total. The molecule has 0 amide bonds. The van der Waals surface area contributed by atoms with Gasteiger partial charge in [0, 0.05) is 18.1 Å². The van der Waals surface area contributed by atoms with Crippen LogP contribution in [0.5, 0.6) is 11.5 Å². The SMILES string of the molecule is CC(CO)c1cc(C(C)(C)F)cc2c1OCCO2. The summed E-state index contributed by atoms with van der Waals surface area (Å²) >= 11 is 0. The van der Waals surface area contributed by atoms with Crippen LogP contribution in [0.1, 0.15) is 37.8 Å². The summed E-state index contributed by atoms with van der Waals surface area (Å²) in [6.07, 6.45) is 0. The average Bonchev–Trinajstić information content (AvgIpc) is 2.35. The molecule has 1 atom stereocenters. The van der Waals surface area contributed by atoms with E-state index in [9.17, 15) is 9.50 Å². The Morgan fingerprint density at radius 2 is 2.00 bits per heavy atom. The molecule has 0 fully saturated rings. The highest BCUT2D eigenvalue weighted by molar-refractivity contribution is 5.52. The number of fused-ring (bicyclic) bond motifs is 1. The van der Waals surface area contributed by atoms with Gasteiger partial charge in [0.15, 0.2) is 11.5 Å². The maximum atomic E-state index is 14.1. The summed E-state index contributed by atoms with van der Waals surface area (Å²) in [5, 5.41) is 9.29. The van der Waals surface area contributed by atoms with Crippen molar-refractivity contribution < 1.29 is 19.0 Å². The van der Waals surface area contributed by atoms with Crippen LogP contribution in [-0.2, 0) is 5.67 Å². The standard InChI is InChI=1S/C14H19FO3/c1-9(8-16)11-6-10(14(2,3)15)7-12-13(11)18-5-4-17-12/h6-7,9,16H,4-5,8H2,1-3H3. The summed E-state index contributed by atoms with van der Waals surface area (Å²) in [6.45, 7) is 5.83. The number of ether oxygens (including phenoxy) is 2. The van der Waals surface area contributed by atoms with E-state index < -0.39 is 5.67 Å². The maximum Gasteiger partial charge on any atom is 0.164 e. The number of halogens is 1. The molecule has 0 aromatic heterocycles. The molecule has 0 spiro atoms. The third-order valence-electron chi connectivity index (χ3n) is 3.16. The van der Waals surface area contributed by atoms with Crippen LogP contribution in [-0.4, -0.2) is 24.9 Å². The van der Waals surface area contributed by atoms with Gasteiger partial charge in [0.05, 0.1) is 0 Å². The second kappa shape index (κ2) is 4.76. The number of hydrogen-bond donors (Lipinski definition) is 1. The van der Waals surface area contributed by atoms with Crippen molar-refractivity contribution in [3.63, 3.8) is 0 Å². The fourth-order valence-corrected chi connectivity index (χ4v) is 1.99. The van der Waals surface area contributed by atoms with Crippen LogP contribution < -0.4 is 9.47 Å². The highest BCUT2D eigenvalue weighted by Gasteiger charge is 2.26. The van der Waals surface area contributed by atoms with Crippen LogP contribution in [0.4, 0.5) is 4.39 Å². The summed E-state index contributed by atoms with van der Waals surface area (Å²) < 4.78 is 25.2. The lowest BCUT2D eigenvalue weighted by Crippen LogP contribution is -2.20. The van der Waals surface area contributed by atoms with Crippen LogP contribution in [0.2, 0.25) is 0 Å². The highest BCUT2D eigenvalue weighted by atomic mass is 19.1. The van der Waals surface area contributed by atoms with Gasteiger partial charge in [-0.05, 0) is 31.5 Å². The summed E-state index contributed by atoms with van der Waals surface area (Å²) in [7, 11) is 0. The van der Waals surface area contributed by atoms with Gasteiger partial charge in [-0.1, -0.05) is 6.92 Å². The molecule has 0 bridgehead atoms. The van der Waals surface area contributed by atoms with E-state index in [1.54, 1.807) is 12.1 Å². The number of rotatable bonds is 3.